The Bertz CT molecular complexity index is 345. The smallest absolute Gasteiger partial charge is 0.122 e. The van der Waals surface area contributed by atoms with E-state index in [1.165, 1.54) is 16.7 Å². The van der Waals surface area contributed by atoms with E-state index >= 15 is 0 Å². The summed E-state index contributed by atoms with van der Waals surface area (Å²) in [5.41, 5.74) is 3.87. The fourth-order valence-corrected chi connectivity index (χ4v) is 1.67. The minimum Gasteiger partial charge on any atom is -0.494 e. The van der Waals surface area contributed by atoms with Crippen molar-refractivity contribution in [1.82, 2.24) is 5.32 Å². The van der Waals surface area contributed by atoms with Crippen molar-refractivity contribution in [2.45, 2.75) is 47.2 Å². The molecule has 0 bridgehead atoms. The van der Waals surface area contributed by atoms with Crippen LogP contribution in [-0.4, -0.2) is 12.6 Å². The van der Waals surface area contributed by atoms with Crippen molar-refractivity contribution < 1.29 is 4.74 Å². The van der Waals surface area contributed by atoms with Crippen molar-refractivity contribution in [3.63, 3.8) is 0 Å². The maximum Gasteiger partial charge on any atom is 0.122 e. The maximum absolute atomic E-state index is 5.58. The zero-order valence-corrected chi connectivity index (χ0v) is 11.1. The van der Waals surface area contributed by atoms with Crippen molar-refractivity contribution in [2.75, 3.05) is 6.61 Å². The standard InChI is InChI=1S/C14H23NO/c1-6-16-14-8-11(4)13(7-12(14)5)9-15-10(2)3/h7-8,10,15H,6,9H2,1-5H3. The molecular weight excluding hydrogens is 198 g/mol. The number of aryl methyl sites for hydroxylation is 2. The van der Waals surface area contributed by atoms with Crippen LogP contribution in [0.25, 0.3) is 0 Å². The third-order valence-electron chi connectivity index (χ3n) is 2.63. The lowest BCUT2D eigenvalue weighted by atomic mass is 10.0. The second kappa shape index (κ2) is 5.90. The predicted octanol–water partition coefficient (Wildman–Crippen LogP) is 3.20. The van der Waals surface area contributed by atoms with Gasteiger partial charge < -0.3 is 10.1 Å². The molecule has 0 saturated heterocycles. The van der Waals surface area contributed by atoms with Crippen molar-refractivity contribution in [2.24, 2.45) is 0 Å². The molecule has 16 heavy (non-hydrogen) atoms. The van der Waals surface area contributed by atoms with Crippen LogP contribution in [0.4, 0.5) is 0 Å². The van der Waals surface area contributed by atoms with Crippen LogP contribution in [0.2, 0.25) is 0 Å². The molecule has 2 heteroatoms. The molecule has 0 aliphatic carbocycles. The van der Waals surface area contributed by atoms with E-state index in [2.05, 4.69) is 45.1 Å². The van der Waals surface area contributed by atoms with Crippen LogP contribution in [0, 0.1) is 13.8 Å². The third-order valence-corrected chi connectivity index (χ3v) is 2.63. The van der Waals surface area contributed by atoms with Gasteiger partial charge in [0.15, 0.2) is 0 Å². The van der Waals surface area contributed by atoms with Gasteiger partial charge in [0.05, 0.1) is 6.61 Å². The van der Waals surface area contributed by atoms with Crippen LogP contribution >= 0.6 is 0 Å². The number of benzene rings is 1. The van der Waals surface area contributed by atoms with Gasteiger partial charge in [-0.15, -0.1) is 0 Å². The maximum atomic E-state index is 5.58. The van der Waals surface area contributed by atoms with E-state index in [1.54, 1.807) is 0 Å². The SMILES string of the molecule is CCOc1cc(C)c(CNC(C)C)cc1C. The van der Waals surface area contributed by atoms with Gasteiger partial charge in [0, 0.05) is 12.6 Å². The Balaban J connectivity index is 2.83. The van der Waals surface area contributed by atoms with Crippen molar-refractivity contribution >= 4 is 0 Å². The Morgan fingerprint density at radius 2 is 1.88 bits per heavy atom. The molecular formula is C14H23NO. The second-order valence-electron chi connectivity index (χ2n) is 4.51. The molecule has 1 aromatic carbocycles. The Labute approximate surface area is 99.0 Å². The van der Waals surface area contributed by atoms with Gasteiger partial charge in [-0.05, 0) is 43.5 Å². The Hall–Kier alpha value is -1.02. The summed E-state index contributed by atoms with van der Waals surface area (Å²) in [6, 6.07) is 4.87. The van der Waals surface area contributed by atoms with E-state index in [4.69, 9.17) is 4.74 Å². The molecule has 1 N–H and O–H groups in total. The number of nitrogens with one attached hydrogen (secondary N) is 1. The van der Waals surface area contributed by atoms with Crippen LogP contribution in [0.1, 0.15) is 37.5 Å². The van der Waals surface area contributed by atoms with E-state index < -0.39 is 0 Å². The minimum absolute atomic E-state index is 0.520. The van der Waals surface area contributed by atoms with Crippen LogP contribution in [-0.2, 0) is 6.54 Å². The van der Waals surface area contributed by atoms with Crippen LogP contribution in [0.15, 0.2) is 12.1 Å². The van der Waals surface area contributed by atoms with Crippen molar-refractivity contribution in [3.05, 3.63) is 28.8 Å². The predicted molar refractivity (Wildman–Crippen MR) is 69.1 cm³/mol. The highest BCUT2D eigenvalue weighted by Crippen LogP contribution is 2.22. The van der Waals surface area contributed by atoms with Gasteiger partial charge in [-0.25, -0.2) is 0 Å². The lowest BCUT2D eigenvalue weighted by Crippen LogP contribution is -2.22. The second-order valence-corrected chi connectivity index (χ2v) is 4.51. The average molecular weight is 221 g/mol. The molecule has 0 aromatic heterocycles. The molecule has 1 aromatic rings. The molecule has 0 heterocycles. The monoisotopic (exact) mass is 221 g/mol. The van der Waals surface area contributed by atoms with Crippen LogP contribution < -0.4 is 10.1 Å². The van der Waals surface area contributed by atoms with Gasteiger partial charge >= 0.3 is 0 Å². The highest BCUT2D eigenvalue weighted by Gasteiger charge is 2.05. The van der Waals surface area contributed by atoms with Gasteiger partial charge in [-0.1, -0.05) is 19.9 Å². The number of hydrogen-bond donors (Lipinski definition) is 1. The molecule has 0 radical (unpaired) electrons. The number of hydrogen-bond acceptors (Lipinski definition) is 2. The molecule has 0 amide bonds. The summed E-state index contributed by atoms with van der Waals surface area (Å²) >= 11 is 0. The van der Waals surface area contributed by atoms with Gasteiger partial charge in [0.1, 0.15) is 5.75 Å². The normalized spacial score (nSPS) is 10.9. The molecule has 0 atom stereocenters. The van der Waals surface area contributed by atoms with Crippen LogP contribution in [0.5, 0.6) is 5.75 Å². The topological polar surface area (TPSA) is 21.3 Å². The molecule has 0 aliphatic heterocycles. The van der Waals surface area contributed by atoms with E-state index in [9.17, 15) is 0 Å². The Kier molecular flexibility index (Phi) is 4.81. The first kappa shape index (κ1) is 13.0. The van der Waals surface area contributed by atoms with Gasteiger partial charge in [0.25, 0.3) is 0 Å². The molecule has 0 saturated carbocycles. The lowest BCUT2D eigenvalue weighted by Gasteiger charge is -2.14. The summed E-state index contributed by atoms with van der Waals surface area (Å²) in [6.45, 7) is 12.2. The minimum atomic E-state index is 0.520. The third kappa shape index (κ3) is 3.53. The van der Waals surface area contributed by atoms with Gasteiger partial charge in [-0.2, -0.15) is 0 Å². The van der Waals surface area contributed by atoms with Gasteiger partial charge in [-0.3, -0.25) is 0 Å². The number of rotatable bonds is 5. The summed E-state index contributed by atoms with van der Waals surface area (Å²) in [5.74, 6) is 1.01. The van der Waals surface area contributed by atoms with E-state index in [-0.39, 0.29) is 0 Å². The quantitative estimate of drug-likeness (QED) is 0.824. The van der Waals surface area contributed by atoms with E-state index in [1.807, 2.05) is 6.92 Å². The summed E-state index contributed by atoms with van der Waals surface area (Å²) in [5, 5.41) is 3.44. The Morgan fingerprint density at radius 1 is 1.19 bits per heavy atom. The molecule has 1 rings (SSSR count). The Morgan fingerprint density at radius 3 is 2.44 bits per heavy atom. The summed E-state index contributed by atoms with van der Waals surface area (Å²) < 4.78 is 5.58. The largest absolute Gasteiger partial charge is 0.494 e. The first-order chi connectivity index (χ1) is 7.54. The molecule has 2 nitrogen and oxygen atoms in total. The van der Waals surface area contributed by atoms with Crippen molar-refractivity contribution in [3.8, 4) is 5.75 Å². The fourth-order valence-electron chi connectivity index (χ4n) is 1.67. The zero-order chi connectivity index (χ0) is 12.1. The summed E-state index contributed by atoms with van der Waals surface area (Å²) in [7, 11) is 0. The van der Waals surface area contributed by atoms with E-state index in [0.717, 1.165) is 18.9 Å². The zero-order valence-electron chi connectivity index (χ0n) is 11.1. The molecule has 0 aliphatic rings. The molecule has 0 spiro atoms. The lowest BCUT2D eigenvalue weighted by molar-refractivity contribution is 0.337. The first-order valence-corrected chi connectivity index (χ1v) is 6.01. The fraction of sp³-hybridized carbons (Fsp3) is 0.571. The van der Waals surface area contributed by atoms with Crippen molar-refractivity contribution in [1.29, 1.82) is 0 Å². The highest BCUT2D eigenvalue weighted by atomic mass is 16.5. The molecule has 90 valence electrons. The van der Waals surface area contributed by atoms with Gasteiger partial charge in [0.2, 0.25) is 0 Å². The molecule has 0 unspecified atom stereocenters. The van der Waals surface area contributed by atoms with Crippen LogP contribution in [0.3, 0.4) is 0 Å². The summed E-state index contributed by atoms with van der Waals surface area (Å²) in [4.78, 5) is 0. The average Bonchev–Trinajstić information content (AvgIpc) is 2.21. The highest BCUT2D eigenvalue weighted by molar-refractivity contribution is 5.41. The van der Waals surface area contributed by atoms with E-state index in [0.29, 0.717) is 6.04 Å². The summed E-state index contributed by atoms with van der Waals surface area (Å²) in [6.07, 6.45) is 0. The molecule has 0 fully saturated rings. The number of ether oxygens (including phenoxy) is 1. The first-order valence-electron chi connectivity index (χ1n) is 6.01.